The van der Waals surface area contributed by atoms with Gasteiger partial charge in [-0.3, -0.25) is 9.91 Å². The van der Waals surface area contributed by atoms with E-state index in [0.717, 1.165) is 38.3 Å². The zero-order chi connectivity index (χ0) is 16.5. The summed E-state index contributed by atoms with van der Waals surface area (Å²) in [6.07, 6.45) is 1.05. The lowest BCUT2D eigenvalue weighted by Gasteiger charge is -2.27. The third-order valence-electron chi connectivity index (χ3n) is 4.61. The van der Waals surface area contributed by atoms with E-state index in [9.17, 15) is 4.39 Å². The highest BCUT2D eigenvalue weighted by Gasteiger charge is 2.28. The molecule has 2 aliphatic heterocycles. The number of hydrogen-bond acceptors (Lipinski definition) is 3. The van der Waals surface area contributed by atoms with E-state index >= 15 is 0 Å². The number of nitrogens with one attached hydrogen (secondary N) is 1. The minimum atomic E-state index is -0.310. The van der Waals surface area contributed by atoms with Crippen LogP contribution in [0.15, 0.2) is 59.8 Å². The first-order valence-corrected chi connectivity index (χ1v) is 8.53. The lowest BCUT2D eigenvalue weighted by atomic mass is 10.1. The maximum atomic E-state index is 13.2. The van der Waals surface area contributed by atoms with E-state index in [4.69, 9.17) is 11.6 Å². The first-order valence-electron chi connectivity index (χ1n) is 8.15. The van der Waals surface area contributed by atoms with Crippen LogP contribution < -0.4 is 10.4 Å². The van der Waals surface area contributed by atoms with Gasteiger partial charge in [0.1, 0.15) is 5.82 Å². The minimum absolute atomic E-state index is 0.310. The van der Waals surface area contributed by atoms with E-state index in [2.05, 4.69) is 34.6 Å². The summed E-state index contributed by atoms with van der Waals surface area (Å²) in [5.41, 5.74) is 8.27. The summed E-state index contributed by atoms with van der Waals surface area (Å²) < 4.78 is 13.2. The van der Waals surface area contributed by atoms with E-state index in [1.807, 2.05) is 11.1 Å². The van der Waals surface area contributed by atoms with Gasteiger partial charge in [-0.2, -0.15) is 0 Å². The predicted molar refractivity (Wildman–Crippen MR) is 95.3 cm³/mol. The van der Waals surface area contributed by atoms with Gasteiger partial charge in [-0.05, 0) is 35.8 Å². The molecule has 0 spiro atoms. The van der Waals surface area contributed by atoms with Gasteiger partial charge in [0.15, 0.2) is 0 Å². The smallest absolute Gasteiger partial charge is 0.124 e. The quantitative estimate of drug-likeness (QED) is 0.910. The van der Waals surface area contributed by atoms with Crippen molar-refractivity contribution in [2.45, 2.75) is 13.0 Å². The van der Waals surface area contributed by atoms with Crippen LogP contribution in [-0.4, -0.2) is 24.5 Å². The number of hydrogen-bond donors (Lipinski definition) is 1. The lowest BCUT2D eigenvalue weighted by Crippen LogP contribution is -2.36. The largest absolute Gasteiger partial charge is 0.301 e. The van der Waals surface area contributed by atoms with Crippen molar-refractivity contribution in [1.29, 1.82) is 0 Å². The summed E-state index contributed by atoms with van der Waals surface area (Å²) in [6, 6.07) is 15.1. The molecule has 24 heavy (non-hydrogen) atoms. The van der Waals surface area contributed by atoms with Gasteiger partial charge in [0.05, 0.1) is 17.3 Å². The van der Waals surface area contributed by atoms with Gasteiger partial charge >= 0.3 is 0 Å². The fourth-order valence-corrected chi connectivity index (χ4v) is 3.63. The van der Waals surface area contributed by atoms with E-state index in [0.29, 0.717) is 5.02 Å². The van der Waals surface area contributed by atoms with E-state index in [1.165, 1.54) is 29.0 Å². The van der Waals surface area contributed by atoms with Crippen molar-refractivity contribution >= 4 is 17.3 Å². The molecule has 124 valence electrons. The van der Waals surface area contributed by atoms with Crippen molar-refractivity contribution in [2.75, 3.05) is 24.6 Å². The normalized spacial score (nSPS) is 17.8. The highest BCUT2D eigenvalue weighted by Crippen LogP contribution is 2.31. The van der Waals surface area contributed by atoms with Crippen molar-refractivity contribution in [1.82, 2.24) is 10.3 Å². The Hall–Kier alpha value is -2.04. The highest BCUT2D eigenvalue weighted by molar-refractivity contribution is 6.33. The average molecular weight is 344 g/mol. The standard InChI is InChI=1S/C19H19ClFN3/c20-17-10-16(21)6-7-19(17)24-12-15-8-9-23(13-18(15)22-24)11-14-4-2-1-3-5-14/h1-7,10,22H,8-9,11-13H2. The summed E-state index contributed by atoms with van der Waals surface area (Å²) in [5.74, 6) is -0.310. The molecule has 0 bridgehead atoms. The molecule has 2 aromatic carbocycles. The first-order chi connectivity index (χ1) is 11.7. The Bertz CT molecular complexity index is 775. The summed E-state index contributed by atoms with van der Waals surface area (Å²) >= 11 is 6.19. The Labute approximate surface area is 146 Å². The zero-order valence-electron chi connectivity index (χ0n) is 13.3. The molecule has 0 radical (unpaired) electrons. The van der Waals surface area contributed by atoms with Gasteiger partial charge in [0, 0.05) is 25.3 Å². The summed E-state index contributed by atoms with van der Waals surface area (Å²) in [5, 5.41) is 2.45. The summed E-state index contributed by atoms with van der Waals surface area (Å²) in [4.78, 5) is 2.44. The second kappa shape index (κ2) is 6.46. The zero-order valence-corrected chi connectivity index (χ0v) is 14.1. The van der Waals surface area contributed by atoms with Crippen molar-refractivity contribution < 1.29 is 4.39 Å². The fraction of sp³-hybridized carbons (Fsp3) is 0.263. The molecule has 0 saturated carbocycles. The van der Waals surface area contributed by atoms with Crippen molar-refractivity contribution in [2.24, 2.45) is 0 Å². The molecule has 3 nitrogen and oxygen atoms in total. The van der Waals surface area contributed by atoms with Gasteiger partial charge in [0.2, 0.25) is 0 Å². The van der Waals surface area contributed by atoms with Crippen LogP contribution in [0.25, 0.3) is 0 Å². The van der Waals surface area contributed by atoms with Crippen LogP contribution in [0.1, 0.15) is 12.0 Å². The van der Waals surface area contributed by atoms with Crippen LogP contribution in [0.3, 0.4) is 0 Å². The van der Waals surface area contributed by atoms with Gasteiger partial charge in [-0.1, -0.05) is 41.9 Å². The summed E-state index contributed by atoms with van der Waals surface area (Å²) in [6.45, 7) is 3.72. The van der Waals surface area contributed by atoms with Crippen LogP contribution in [0.5, 0.6) is 0 Å². The van der Waals surface area contributed by atoms with Crippen LogP contribution in [0, 0.1) is 5.82 Å². The third-order valence-corrected chi connectivity index (χ3v) is 4.91. The molecule has 1 N–H and O–H groups in total. The second-order valence-electron chi connectivity index (χ2n) is 6.32. The monoisotopic (exact) mass is 343 g/mol. The van der Waals surface area contributed by atoms with Crippen molar-refractivity contribution in [3.05, 3.63) is 76.2 Å². The summed E-state index contributed by atoms with van der Waals surface area (Å²) in [7, 11) is 0. The van der Waals surface area contributed by atoms with Gasteiger partial charge in [0.25, 0.3) is 0 Å². The van der Waals surface area contributed by atoms with Crippen LogP contribution in [-0.2, 0) is 6.54 Å². The molecule has 0 amide bonds. The number of hydrazine groups is 1. The molecule has 5 heteroatoms. The number of nitrogens with zero attached hydrogens (tertiary/aromatic N) is 2. The number of rotatable bonds is 3. The van der Waals surface area contributed by atoms with Crippen molar-refractivity contribution in [3.8, 4) is 0 Å². The Kier molecular flexibility index (Phi) is 4.17. The van der Waals surface area contributed by atoms with Crippen LogP contribution in [0.2, 0.25) is 5.02 Å². The molecule has 4 rings (SSSR count). The predicted octanol–water partition coefficient (Wildman–Crippen LogP) is 3.96. The Balaban J connectivity index is 1.44. The molecule has 0 aliphatic carbocycles. The number of halogens is 2. The Morgan fingerprint density at radius 1 is 1.08 bits per heavy atom. The molecular weight excluding hydrogens is 325 g/mol. The van der Waals surface area contributed by atoms with E-state index in [1.54, 1.807) is 6.07 Å². The topological polar surface area (TPSA) is 18.5 Å². The molecule has 0 saturated heterocycles. The maximum absolute atomic E-state index is 13.2. The van der Waals surface area contributed by atoms with E-state index in [-0.39, 0.29) is 5.82 Å². The van der Waals surface area contributed by atoms with E-state index < -0.39 is 0 Å². The number of anilines is 1. The number of benzene rings is 2. The molecule has 2 aromatic rings. The molecule has 2 heterocycles. The van der Waals surface area contributed by atoms with Crippen molar-refractivity contribution in [3.63, 3.8) is 0 Å². The lowest BCUT2D eigenvalue weighted by molar-refractivity contribution is 0.275. The molecule has 0 fully saturated rings. The maximum Gasteiger partial charge on any atom is 0.124 e. The van der Waals surface area contributed by atoms with Gasteiger partial charge < -0.3 is 5.43 Å². The highest BCUT2D eigenvalue weighted by atomic mass is 35.5. The third kappa shape index (κ3) is 3.12. The Morgan fingerprint density at radius 2 is 1.92 bits per heavy atom. The fourth-order valence-electron chi connectivity index (χ4n) is 3.36. The van der Waals surface area contributed by atoms with Gasteiger partial charge in [-0.15, -0.1) is 0 Å². The average Bonchev–Trinajstić information content (AvgIpc) is 2.98. The van der Waals surface area contributed by atoms with Crippen LogP contribution >= 0.6 is 11.6 Å². The molecule has 2 aliphatic rings. The first kappa shape index (κ1) is 15.5. The minimum Gasteiger partial charge on any atom is -0.301 e. The molecule has 0 unspecified atom stereocenters. The second-order valence-corrected chi connectivity index (χ2v) is 6.73. The Morgan fingerprint density at radius 3 is 2.71 bits per heavy atom. The molecular formula is C19H19ClFN3. The SMILES string of the molecule is Fc1ccc(N2CC3=C(CN(Cc4ccccc4)CC3)N2)c(Cl)c1. The molecule has 0 atom stereocenters. The van der Waals surface area contributed by atoms with Crippen LogP contribution in [0.4, 0.5) is 10.1 Å². The van der Waals surface area contributed by atoms with Gasteiger partial charge in [-0.25, -0.2) is 4.39 Å². The molecule has 0 aromatic heterocycles.